The number of fused-ring (bicyclic) bond motifs is 1. The summed E-state index contributed by atoms with van der Waals surface area (Å²) in [5, 5.41) is 9.38. The Morgan fingerprint density at radius 1 is 1.40 bits per heavy atom. The molecule has 0 saturated heterocycles. The van der Waals surface area contributed by atoms with Gasteiger partial charge in [-0.3, -0.25) is 0 Å². The fraction of sp³-hybridized carbons (Fsp3) is 0. The lowest BCUT2D eigenvalue weighted by molar-refractivity contribution is -0.133. The van der Waals surface area contributed by atoms with Crippen molar-refractivity contribution < 1.29 is 19.1 Å². The molecule has 74 valence electrons. The normalized spacial score (nSPS) is 9.87. The minimum atomic E-state index is -1.30. The highest BCUT2D eigenvalue weighted by molar-refractivity contribution is 6.42. The van der Waals surface area contributed by atoms with Crippen molar-refractivity contribution in [2.75, 3.05) is 0 Å². The molecular weight excluding hydrogens is 196 g/mol. The van der Waals surface area contributed by atoms with Gasteiger partial charge in [-0.15, -0.1) is 0 Å². The number of rotatable bonds is 2. The van der Waals surface area contributed by atoms with Crippen molar-refractivity contribution in [3.63, 3.8) is 0 Å². The zero-order valence-corrected chi connectivity index (χ0v) is 7.54. The van der Waals surface area contributed by atoms with E-state index in [0.717, 1.165) is 0 Å². The standard InChI is InChI=1S/C10H6N2O3/c11-12-9(10(13)14)7-5-15-8-4-2-1-3-6(7)8/h1-5H,(H,13,14). The Morgan fingerprint density at radius 3 is 2.80 bits per heavy atom. The van der Waals surface area contributed by atoms with Crippen molar-refractivity contribution in [1.29, 1.82) is 0 Å². The third kappa shape index (κ3) is 1.41. The van der Waals surface area contributed by atoms with Gasteiger partial charge in [0.1, 0.15) is 17.4 Å². The summed E-state index contributed by atoms with van der Waals surface area (Å²) in [7, 11) is 0. The molecule has 0 aliphatic rings. The Hall–Kier alpha value is -2.39. The first-order valence-electron chi connectivity index (χ1n) is 4.16. The molecule has 0 fully saturated rings. The van der Waals surface area contributed by atoms with Gasteiger partial charge in [0.15, 0.2) is 0 Å². The van der Waals surface area contributed by atoms with Crippen LogP contribution >= 0.6 is 0 Å². The van der Waals surface area contributed by atoms with Crippen molar-refractivity contribution in [3.05, 3.63) is 41.6 Å². The molecule has 1 aromatic carbocycles. The Bertz CT molecular complexity index is 579. The highest BCUT2D eigenvalue weighted by Crippen LogP contribution is 2.20. The lowest BCUT2D eigenvalue weighted by atomic mass is 10.1. The summed E-state index contributed by atoms with van der Waals surface area (Å²) in [5.74, 6) is -1.30. The third-order valence-electron chi connectivity index (χ3n) is 2.04. The number of hydrogen-bond donors (Lipinski definition) is 1. The van der Waals surface area contributed by atoms with Gasteiger partial charge in [0.05, 0.1) is 0 Å². The molecule has 2 aromatic rings. The quantitative estimate of drug-likeness (QED) is 0.455. The van der Waals surface area contributed by atoms with E-state index in [1.54, 1.807) is 24.3 Å². The smallest absolute Gasteiger partial charge is 0.420 e. The Morgan fingerprint density at radius 2 is 2.13 bits per heavy atom. The summed E-state index contributed by atoms with van der Waals surface area (Å²) >= 11 is 0. The monoisotopic (exact) mass is 202 g/mol. The van der Waals surface area contributed by atoms with E-state index in [0.29, 0.717) is 11.0 Å². The molecule has 0 bridgehead atoms. The van der Waals surface area contributed by atoms with E-state index in [1.807, 2.05) is 0 Å². The fourth-order valence-electron chi connectivity index (χ4n) is 1.37. The molecule has 0 spiro atoms. The van der Waals surface area contributed by atoms with Gasteiger partial charge in [0.2, 0.25) is 0 Å². The fourth-order valence-corrected chi connectivity index (χ4v) is 1.37. The largest absolute Gasteiger partial charge is 0.472 e. The number of benzene rings is 1. The van der Waals surface area contributed by atoms with Gasteiger partial charge in [-0.2, -0.15) is 4.79 Å². The summed E-state index contributed by atoms with van der Waals surface area (Å²) in [6.45, 7) is 0. The lowest BCUT2D eigenvalue weighted by Gasteiger charge is -1.87. The molecule has 2 rings (SSSR count). The van der Waals surface area contributed by atoms with Crippen molar-refractivity contribution in [3.8, 4) is 0 Å². The number of para-hydroxylation sites is 1. The molecule has 15 heavy (non-hydrogen) atoms. The minimum absolute atomic E-state index is 0.264. The van der Waals surface area contributed by atoms with E-state index in [-0.39, 0.29) is 5.56 Å². The number of nitrogens with zero attached hydrogens (tertiary/aromatic N) is 2. The highest BCUT2D eigenvalue weighted by Gasteiger charge is 2.25. The maximum absolute atomic E-state index is 10.7. The van der Waals surface area contributed by atoms with E-state index < -0.39 is 11.7 Å². The van der Waals surface area contributed by atoms with Crippen molar-refractivity contribution in [2.45, 2.75) is 0 Å². The second-order valence-corrected chi connectivity index (χ2v) is 2.90. The summed E-state index contributed by atoms with van der Waals surface area (Å²) in [5.41, 5.74) is 8.98. The summed E-state index contributed by atoms with van der Waals surface area (Å²) in [6, 6.07) is 6.92. The van der Waals surface area contributed by atoms with Crippen LogP contribution in [0.15, 0.2) is 34.9 Å². The second kappa shape index (κ2) is 3.40. The van der Waals surface area contributed by atoms with Crippen molar-refractivity contribution >= 4 is 22.7 Å². The third-order valence-corrected chi connectivity index (χ3v) is 2.04. The molecule has 0 aliphatic carbocycles. The van der Waals surface area contributed by atoms with E-state index in [2.05, 4.69) is 4.79 Å². The number of carbonyl (C=O) groups is 1. The van der Waals surface area contributed by atoms with E-state index in [1.165, 1.54) is 6.26 Å². The van der Waals surface area contributed by atoms with Gasteiger partial charge in [0, 0.05) is 5.39 Å². The maximum Gasteiger partial charge on any atom is 0.420 e. The van der Waals surface area contributed by atoms with Crippen molar-refractivity contribution in [2.24, 2.45) is 0 Å². The van der Waals surface area contributed by atoms with Crippen LogP contribution in [0.3, 0.4) is 0 Å². The first-order valence-corrected chi connectivity index (χ1v) is 4.16. The van der Waals surface area contributed by atoms with Crippen LogP contribution in [0.2, 0.25) is 0 Å². The van der Waals surface area contributed by atoms with Crippen LogP contribution in [0.1, 0.15) is 5.56 Å². The molecule has 0 radical (unpaired) electrons. The maximum atomic E-state index is 10.7. The topological polar surface area (TPSA) is 86.8 Å². The van der Waals surface area contributed by atoms with Gasteiger partial charge in [-0.1, -0.05) is 18.2 Å². The predicted molar refractivity (Wildman–Crippen MR) is 51.6 cm³/mol. The first-order chi connectivity index (χ1) is 7.24. The molecule has 5 heteroatoms. The Kier molecular flexibility index (Phi) is 2.08. The van der Waals surface area contributed by atoms with Crippen LogP contribution in [0, 0.1) is 0 Å². The average molecular weight is 202 g/mol. The Balaban J connectivity index is 2.72. The molecule has 0 saturated carbocycles. The predicted octanol–water partition coefficient (Wildman–Crippen LogP) is 1.54. The summed E-state index contributed by atoms with van der Waals surface area (Å²) in [4.78, 5) is 13.5. The number of aliphatic carboxylic acids is 1. The van der Waals surface area contributed by atoms with Gasteiger partial charge in [-0.25, -0.2) is 4.79 Å². The zero-order chi connectivity index (χ0) is 10.8. The van der Waals surface area contributed by atoms with Gasteiger partial charge in [0.25, 0.3) is 0 Å². The van der Waals surface area contributed by atoms with E-state index in [4.69, 9.17) is 15.1 Å². The Labute approximate surface area is 84.2 Å². The number of carboxylic acid groups (broad SMARTS) is 1. The van der Waals surface area contributed by atoms with E-state index in [9.17, 15) is 4.79 Å². The van der Waals surface area contributed by atoms with Gasteiger partial charge in [-0.05, 0) is 6.07 Å². The van der Waals surface area contributed by atoms with Crippen LogP contribution in [0.4, 0.5) is 0 Å². The molecule has 0 atom stereocenters. The number of hydrogen-bond acceptors (Lipinski definition) is 2. The van der Waals surface area contributed by atoms with Gasteiger partial charge < -0.3 is 15.1 Å². The van der Waals surface area contributed by atoms with E-state index >= 15 is 0 Å². The highest BCUT2D eigenvalue weighted by atomic mass is 16.4. The first kappa shape index (κ1) is 9.18. The molecule has 0 unspecified atom stereocenters. The van der Waals surface area contributed by atoms with Crippen molar-refractivity contribution in [1.82, 2.24) is 0 Å². The van der Waals surface area contributed by atoms with Crippen LogP contribution in [0.5, 0.6) is 0 Å². The number of furan rings is 1. The van der Waals surface area contributed by atoms with Crippen LogP contribution in [-0.4, -0.2) is 21.6 Å². The molecule has 1 aromatic heterocycles. The molecule has 0 amide bonds. The molecular formula is C10H6N2O3. The summed E-state index contributed by atoms with van der Waals surface area (Å²) in [6.07, 6.45) is 1.26. The van der Waals surface area contributed by atoms with Crippen LogP contribution in [-0.2, 0) is 4.79 Å². The lowest BCUT2D eigenvalue weighted by Crippen LogP contribution is -2.14. The number of carboxylic acids is 1. The zero-order valence-electron chi connectivity index (χ0n) is 7.54. The minimum Gasteiger partial charge on any atom is -0.472 e. The molecule has 5 nitrogen and oxygen atoms in total. The average Bonchev–Trinajstić information content (AvgIpc) is 2.63. The second-order valence-electron chi connectivity index (χ2n) is 2.90. The molecule has 1 heterocycles. The molecule has 0 aliphatic heterocycles. The van der Waals surface area contributed by atoms with Gasteiger partial charge >= 0.3 is 11.7 Å². The van der Waals surface area contributed by atoms with Crippen LogP contribution < -0.4 is 0 Å². The SMILES string of the molecule is [N-]=[N+]=C(C(=O)O)c1coc2ccccc12. The van der Waals surface area contributed by atoms with Crippen LogP contribution in [0.25, 0.3) is 16.5 Å². The summed E-state index contributed by atoms with van der Waals surface area (Å²) < 4.78 is 5.13. The molecule has 1 N–H and O–H groups in total.